The molecule has 0 aliphatic carbocycles. The zero-order valence-corrected chi connectivity index (χ0v) is 11.5. The predicted molar refractivity (Wildman–Crippen MR) is 69.9 cm³/mol. The first-order valence-electron chi connectivity index (χ1n) is 5.47. The highest BCUT2D eigenvalue weighted by Gasteiger charge is 2.19. The standard InChI is InChI=1S/C12H17ClO3S/c1-10(2)16-8-12(9-17(13,14)15)11-6-4-3-5-7-11/h3-7,10,12H,8-9H2,1-2H3. The molecule has 0 radical (unpaired) electrons. The zero-order valence-electron chi connectivity index (χ0n) is 9.97. The maximum absolute atomic E-state index is 11.2. The van der Waals surface area contributed by atoms with E-state index in [-0.39, 0.29) is 17.8 Å². The summed E-state index contributed by atoms with van der Waals surface area (Å²) in [5.41, 5.74) is 0.928. The van der Waals surface area contributed by atoms with Gasteiger partial charge in [0.2, 0.25) is 9.05 Å². The molecule has 1 unspecified atom stereocenters. The lowest BCUT2D eigenvalue weighted by atomic mass is 10.0. The van der Waals surface area contributed by atoms with Gasteiger partial charge in [-0.2, -0.15) is 0 Å². The molecule has 0 saturated carbocycles. The van der Waals surface area contributed by atoms with Gasteiger partial charge in [-0.05, 0) is 19.4 Å². The minimum absolute atomic E-state index is 0.0687. The summed E-state index contributed by atoms with van der Waals surface area (Å²) in [4.78, 5) is 0. The van der Waals surface area contributed by atoms with Crippen LogP contribution in [0.5, 0.6) is 0 Å². The molecule has 0 spiro atoms. The maximum atomic E-state index is 11.2. The summed E-state index contributed by atoms with van der Waals surface area (Å²) in [6.07, 6.45) is 0.0687. The second-order valence-electron chi connectivity index (χ2n) is 4.20. The average molecular weight is 277 g/mol. The fraction of sp³-hybridized carbons (Fsp3) is 0.500. The molecule has 0 fully saturated rings. The summed E-state index contributed by atoms with van der Waals surface area (Å²) in [5, 5.41) is 0. The number of ether oxygens (including phenoxy) is 1. The summed E-state index contributed by atoms with van der Waals surface area (Å²) in [5.74, 6) is -0.327. The third kappa shape index (κ3) is 6.05. The molecule has 3 nitrogen and oxygen atoms in total. The van der Waals surface area contributed by atoms with Gasteiger partial charge in [0.1, 0.15) is 0 Å². The lowest BCUT2D eigenvalue weighted by molar-refractivity contribution is 0.0707. The maximum Gasteiger partial charge on any atom is 0.233 e. The Morgan fingerprint density at radius 1 is 1.24 bits per heavy atom. The van der Waals surface area contributed by atoms with E-state index in [0.717, 1.165) is 5.56 Å². The topological polar surface area (TPSA) is 43.4 Å². The third-order valence-corrected chi connectivity index (χ3v) is 3.48. The summed E-state index contributed by atoms with van der Waals surface area (Å²) < 4.78 is 27.8. The van der Waals surface area contributed by atoms with E-state index in [1.54, 1.807) is 0 Å². The Balaban J connectivity index is 2.79. The highest BCUT2D eigenvalue weighted by atomic mass is 35.7. The average Bonchev–Trinajstić information content (AvgIpc) is 2.24. The number of hydrogen-bond donors (Lipinski definition) is 0. The first-order chi connectivity index (χ1) is 7.88. The zero-order chi connectivity index (χ0) is 12.9. The highest BCUT2D eigenvalue weighted by molar-refractivity contribution is 8.13. The smallest absolute Gasteiger partial charge is 0.233 e. The SMILES string of the molecule is CC(C)OCC(CS(=O)(=O)Cl)c1ccccc1. The van der Waals surface area contributed by atoms with Crippen molar-refractivity contribution in [2.45, 2.75) is 25.9 Å². The second kappa shape index (κ2) is 6.38. The predicted octanol–water partition coefficient (Wildman–Crippen LogP) is 2.76. The van der Waals surface area contributed by atoms with Crippen LogP contribution in [-0.4, -0.2) is 26.9 Å². The van der Waals surface area contributed by atoms with Crippen molar-refractivity contribution in [3.63, 3.8) is 0 Å². The number of rotatable bonds is 6. The molecule has 0 amide bonds. The Morgan fingerprint density at radius 3 is 2.29 bits per heavy atom. The van der Waals surface area contributed by atoms with Gasteiger partial charge in [0.05, 0.1) is 18.5 Å². The van der Waals surface area contributed by atoms with Crippen LogP contribution in [-0.2, 0) is 13.8 Å². The molecule has 0 aromatic heterocycles. The van der Waals surface area contributed by atoms with Crippen molar-refractivity contribution in [3.8, 4) is 0 Å². The molecular weight excluding hydrogens is 260 g/mol. The quantitative estimate of drug-likeness (QED) is 0.751. The summed E-state index contributed by atoms with van der Waals surface area (Å²) >= 11 is 0. The van der Waals surface area contributed by atoms with Gasteiger partial charge in [0.25, 0.3) is 0 Å². The molecule has 0 N–H and O–H groups in total. The van der Waals surface area contributed by atoms with E-state index in [1.807, 2.05) is 44.2 Å². The van der Waals surface area contributed by atoms with E-state index in [9.17, 15) is 8.42 Å². The Morgan fingerprint density at radius 2 is 1.82 bits per heavy atom. The van der Waals surface area contributed by atoms with Crippen LogP contribution >= 0.6 is 10.7 Å². The van der Waals surface area contributed by atoms with Gasteiger partial charge in [0.15, 0.2) is 0 Å². The van der Waals surface area contributed by atoms with Crippen LogP contribution in [0, 0.1) is 0 Å². The van der Waals surface area contributed by atoms with Crippen LogP contribution < -0.4 is 0 Å². The lowest BCUT2D eigenvalue weighted by Gasteiger charge is -2.17. The van der Waals surface area contributed by atoms with Crippen molar-refractivity contribution in [3.05, 3.63) is 35.9 Å². The number of benzene rings is 1. The van der Waals surface area contributed by atoms with Crippen LogP contribution in [0.25, 0.3) is 0 Å². The normalized spacial score (nSPS) is 13.9. The van der Waals surface area contributed by atoms with E-state index in [4.69, 9.17) is 15.4 Å². The van der Waals surface area contributed by atoms with Gasteiger partial charge in [-0.1, -0.05) is 30.3 Å². The van der Waals surface area contributed by atoms with Crippen LogP contribution in [0.1, 0.15) is 25.3 Å². The molecule has 5 heteroatoms. The molecule has 0 heterocycles. The van der Waals surface area contributed by atoms with Crippen LogP contribution in [0.15, 0.2) is 30.3 Å². The monoisotopic (exact) mass is 276 g/mol. The molecule has 0 aliphatic rings. The number of hydrogen-bond acceptors (Lipinski definition) is 3. The Hall–Kier alpha value is -0.580. The fourth-order valence-corrected chi connectivity index (χ4v) is 2.74. The van der Waals surface area contributed by atoms with Crippen molar-refractivity contribution >= 4 is 19.7 Å². The molecule has 0 saturated heterocycles. The van der Waals surface area contributed by atoms with Crippen molar-refractivity contribution in [1.82, 2.24) is 0 Å². The van der Waals surface area contributed by atoms with Crippen LogP contribution in [0.3, 0.4) is 0 Å². The molecule has 0 bridgehead atoms. The van der Waals surface area contributed by atoms with Gasteiger partial charge in [-0.25, -0.2) is 8.42 Å². The first kappa shape index (κ1) is 14.5. The molecule has 1 aromatic rings. The molecular formula is C12H17ClO3S. The summed E-state index contributed by atoms with van der Waals surface area (Å²) in [6, 6.07) is 9.41. The van der Waals surface area contributed by atoms with Crippen LogP contribution in [0.4, 0.5) is 0 Å². The van der Waals surface area contributed by atoms with E-state index in [2.05, 4.69) is 0 Å². The third-order valence-electron chi connectivity index (χ3n) is 2.30. The molecule has 1 rings (SSSR count). The minimum Gasteiger partial charge on any atom is -0.378 e. The number of halogens is 1. The Kier molecular flexibility index (Phi) is 5.43. The van der Waals surface area contributed by atoms with E-state index in [0.29, 0.717) is 6.61 Å². The minimum atomic E-state index is -3.53. The van der Waals surface area contributed by atoms with Crippen molar-refractivity contribution < 1.29 is 13.2 Å². The fourth-order valence-electron chi connectivity index (χ4n) is 1.51. The second-order valence-corrected chi connectivity index (χ2v) is 7.02. The summed E-state index contributed by atoms with van der Waals surface area (Å²) in [7, 11) is 1.78. The van der Waals surface area contributed by atoms with Gasteiger partial charge in [0, 0.05) is 16.6 Å². The summed E-state index contributed by atoms with van der Waals surface area (Å²) in [6.45, 7) is 4.18. The molecule has 1 atom stereocenters. The van der Waals surface area contributed by atoms with Crippen molar-refractivity contribution in [2.75, 3.05) is 12.4 Å². The molecule has 0 aliphatic heterocycles. The largest absolute Gasteiger partial charge is 0.378 e. The van der Waals surface area contributed by atoms with Gasteiger partial charge in [-0.15, -0.1) is 0 Å². The Labute approximate surface area is 107 Å². The van der Waals surface area contributed by atoms with Crippen molar-refractivity contribution in [1.29, 1.82) is 0 Å². The van der Waals surface area contributed by atoms with E-state index >= 15 is 0 Å². The van der Waals surface area contributed by atoms with E-state index in [1.165, 1.54) is 0 Å². The highest BCUT2D eigenvalue weighted by Crippen LogP contribution is 2.20. The van der Waals surface area contributed by atoms with Gasteiger partial charge >= 0.3 is 0 Å². The Bertz CT molecular complexity index is 428. The first-order valence-corrected chi connectivity index (χ1v) is 7.95. The molecule has 17 heavy (non-hydrogen) atoms. The van der Waals surface area contributed by atoms with Gasteiger partial charge in [-0.3, -0.25) is 0 Å². The molecule has 1 aromatic carbocycles. The van der Waals surface area contributed by atoms with Crippen LogP contribution in [0.2, 0.25) is 0 Å². The van der Waals surface area contributed by atoms with Gasteiger partial charge < -0.3 is 4.74 Å². The van der Waals surface area contributed by atoms with Crippen molar-refractivity contribution in [2.24, 2.45) is 0 Å². The molecule has 96 valence electrons. The lowest BCUT2D eigenvalue weighted by Crippen LogP contribution is -2.18. The van der Waals surface area contributed by atoms with E-state index < -0.39 is 9.05 Å².